The fraction of sp³-hybridized carbons (Fsp3) is 0.588. The zero-order chi connectivity index (χ0) is 18.0. The first kappa shape index (κ1) is 18.5. The highest BCUT2D eigenvalue weighted by Gasteiger charge is 2.30. The predicted octanol–water partition coefficient (Wildman–Crippen LogP) is 2.13. The van der Waals surface area contributed by atoms with E-state index >= 15 is 0 Å². The molecule has 1 aromatic carbocycles. The summed E-state index contributed by atoms with van der Waals surface area (Å²) in [6.07, 6.45) is 4.79. The maximum Gasteiger partial charge on any atom is 0.253 e. The van der Waals surface area contributed by atoms with Gasteiger partial charge < -0.3 is 11.1 Å². The van der Waals surface area contributed by atoms with Crippen molar-refractivity contribution < 1.29 is 13.2 Å². The van der Waals surface area contributed by atoms with E-state index in [-0.39, 0.29) is 22.7 Å². The number of benzene rings is 1. The van der Waals surface area contributed by atoms with Crippen LogP contribution in [-0.4, -0.2) is 39.2 Å². The third-order valence-corrected chi connectivity index (χ3v) is 7.30. The van der Waals surface area contributed by atoms with Gasteiger partial charge in [0.05, 0.1) is 22.0 Å². The molecule has 1 saturated heterocycles. The Bertz CT molecular complexity index is 754. The summed E-state index contributed by atoms with van der Waals surface area (Å²) in [4.78, 5) is 12.6. The summed E-state index contributed by atoms with van der Waals surface area (Å²) in [5.41, 5.74) is 6.69. The molecular weight excluding hydrogens is 362 g/mol. The van der Waals surface area contributed by atoms with E-state index in [0.717, 1.165) is 25.7 Å². The van der Waals surface area contributed by atoms with Crippen LogP contribution in [0.2, 0.25) is 5.02 Å². The molecule has 0 aromatic heterocycles. The number of nitrogens with one attached hydrogen (secondary N) is 1. The molecule has 0 bridgehead atoms. The number of nitrogens with two attached hydrogens (primary N) is 1. The molecule has 8 heteroatoms. The first-order valence-electron chi connectivity index (χ1n) is 8.73. The van der Waals surface area contributed by atoms with Crippen molar-refractivity contribution in [1.29, 1.82) is 0 Å². The smallest absolute Gasteiger partial charge is 0.253 e. The van der Waals surface area contributed by atoms with Gasteiger partial charge in [-0.3, -0.25) is 9.10 Å². The quantitative estimate of drug-likeness (QED) is 0.830. The molecule has 1 aromatic rings. The second-order valence-corrected chi connectivity index (χ2v) is 9.19. The van der Waals surface area contributed by atoms with Gasteiger partial charge in [0.15, 0.2) is 0 Å². The van der Waals surface area contributed by atoms with Crippen molar-refractivity contribution in [3.05, 3.63) is 28.8 Å². The van der Waals surface area contributed by atoms with E-state index in [0.29, 0.717) is 36.7 Å². The van der Waals surface area contributed by atoms with Crippen molar-refractivity contribution in [1.82, 2.24) is 5.32 Å². The van der Waals surface area contributed by atoms with Gasteiger partial charge in [-0.15, -0.1) is 0 Å². The number of nitrogens with zero attached hydrogens (tertiary/aromatic N) is 1. The summed E-state index contributed by atoms with van der Waals surface area (Å²) < 4.78 is 25.4. The molecule has 1 aliphatic carbocycles. The van der Waals surface area contributed by atoms with Crippen molar-refractivity contribution in [3.63, 3.8) is 0 Å². The summed E-state index contributed by atoms with van der Waals surface area (Å²) in [7, 11) is -3.26. The maximum atomic E-state index is 12.6. The van der Waals surface area contributed by atoms with Crippen LogP contribution >= 0.6 is 11.6 Å². The number of hydrogen-bond acceptors (Lipinski definition) is 4. The average molecular weight is 386 g/mol. The van der Waals surface area contributed by atoms with Crippen LogP contribution < -0.4 is 15.4 Å². The predicted molar refractivity (Wildman–Crippen MR) is 99.5 cm³/mol. The lowest BCUT2D eigenvalue weighted by Crippen LogP contribution is -2.44. The summed E-state index contributed by atoms with van der Waals surface area (Å²) >= 11 is 6.28. The number of carbonyl (C=O) groups excluding carboxylic acids is 1. The van der Waals surface area contributed by atoms with Crippen LogP contribution in [-0.2, 0) is 10.0 Å². The topological polar surface area (TPSA) is 92.5 Å². The molecule has 6 nitrogen and oxygen atoms in total. The zero-order valence-corrected chi connectivity index (χ0v) is 15.7. The number of hydrogen-bond donors (Lipinski definition) is 2. The number of anilines is 1. The molecule has 1 aliphatic heterocycles. The van der Waals surface area contributed by atoms with Gasteiger partial charge in [0.25, 0.3) is 5.91 Å². The van der Waals surface area contributed by atoms with E-state index in [2.05, 4.69) is 5.32 Å². The molecule has 0 radical (unpaired) electrons. The van der Waals surface area contributed by atoms with E-state index in [1.807, 2.05) is 0 Å². The zero-order valence-electron chi connectivity index (χ0n) is 14.1. The lowest BCUT2D eigenvalue weighted by Gasteiger charge is -2.31. The Morgan fingerprint density at radius 1 is 1.28 bits per heavy atom. The van der Waals surface area contributed by atoms with Crippen molar-refractivity contribution in [2.45, 2.75) is 38.1 Å². The molecule has 3 rings (SSSR count). The highest BCUT2D eigenvalue weighted by atomic mass is 35.5. The lowest BCUT2D eigenvalue weighted by molar-refractivity contribution is 0.0908. The van der Waals surface area contributed by atoms with E-state index < -0.39 is 10.0 Å². The minimum atomic E-state index is -3.26. The Morgan fingerprint density at radius 3 is 2.68 bits per heavy atom. The summed E-state index contributed by atoms with van der Waals surface area (Å²) in [6.45, 7) is 1.01. The van der Waals surface area contributed by atoms with Gasteiger partial charge in [-0.05, 0) is 49.9 Å². The minimum absolute atomic E-state index is 0.0703. The van der Waals surface area contributed by atoms with Crippen LogP contribution in [0.5, 0.6) is 0 Å². The third kappa shape index (κ3) is 3.93. The van der Waals surface area contributed by atoms with Gasteiger partial charge in [-0.25, -0.2) is 8.42 Å². The first-order valence-corrected chi connectivity index (χ1v) is 10.7. The Kier molecular flexibility index (Phi) is 5.55. The SMILES string of the molecule is NC[C@@H]1CCCC[C@H]1NC(=O)c1ccc(N2CCCS2(=O)=O)cc1Cl. The Morgan fingerprint density at radius 2 is 2.04 bits per heavy atom. The standard InChI is InChI=1S/C17H24ClN3O3S/c18-15-10-13(21-8-3-9-25(21,23)24)6-7-14(15)17(22)20-16-5-2-1-4-12(16)11-19/h6-7,10,12,16H,1-5,8-9,11,19H2,(H,20,22)/t12-,16+/m0/s1. The van der Waals surface area contributed by atoms with Crippen LogP contribution in [0.4, 0.5) is 5.69 Å². The number of halogens is 1. The average Bonchev–Trinajstić information content (AvgIpc) is 2.94. The largest absolute Gasteiger partial charge is 0.349 e. The Labute approximate surface area is 153 Å². The molecular formula is C17H24ClN3O3S. The van der Waals surface area contributed by atoms with Crippen molar-refractivity contribution in [3.8, 4) is 0 Å². The molecule has 2 atom stereocenters. The second kappa shape index (κ2) is 7.51. The fourth-order valence-corrected chi connectivity index (χ4v) is 5.52. The second-order valence-electron chi connectivity index (χ2n) is 6.77. The van der Waals surface area contributed by atoms with Crippen LogP contribution in [0.1, 0.15) is 42.5 Å². The van der Waals surface area contributed by atoms with Crippen LogP contribution in [0.3, 0.4) is 0 Å². The fourth-order valence-electron chi connectivity index (χ4n) is 3.70. The molecule has 1 amide bonds. The Balaban J connectivity index is 1.75. The van der Waals surface area contributed by atoms with E-state index in [1.165, 1.54) is 4.31 Å². The monoisotopic (exact) mass is 385 g/mol. The molecule has 0 spiro atoms. The number of rotatable bonds is 4. The summed E-state index contributed by atoms with van der Waals surface area (Å²) in [6, 6.07) is 4.87. The third-order valence-electron chi connectivity index (χ3n) is 5.11. The lowest BCUT2D eigenvalue weighted by atomic mass is 9.84. The first-order chi connectivity index (χ1) is 11.9. The van der Waals surface area contributed by atoms with Crippen LogP contribution in [0, 0.1) is 5.92 Å². The van der Waals surface area contributed by atoms with Gasteiger partial charge in [0, 0.05) is 12.6 Å². The highest BCUT2D eigenvalue weighted by molar-refractivity contribution is 7.93. The normalized spacial score (nSPS) is 25.8. The number of sulfonamides is 1. The molecule has 25 heavy (non-hydrogen) atoms. The van der Waals surface area contributed by atoms with Gasteiger partial charge in [-0.1, -0.05) is 24.4 Å². The van der Waals surface area contributed by atoms with Crippen molar-refractivity contribution >= 4 is 33.2 Å². The summed E-state index contributed by atoms with van der Waals surface area (Å²) in [5, 5.41) is 3.31. The molecule has 2 aliphatic rings. The molecule has 2 fully saturated rings. The van der Waals surface area contributed by atoms with E-state index in [1.54, 1.807) is 18.2 Å². The van der Waals surface area contributed by atoms with Crippen molar-refractivity contribution in [2.24, 2.45) is 11.7 Å². The highest BCUT2D eigenvalue weighted by Crippen LogP contribution is 2.29. The molecule has 3 N–H and O–H groups in total. The van der Waals surface area contributed by atoms with E-state index in [4.69, 9.17) is 17.3 Å². The molecule has 0 unspecified atom stereocenters. The van der Waals surface area contributed by atoms with Gasteiger partial charge >= 0.3 is 0 Å². The minimum Gasteiger partial charge on any atom is -0.349 e. The Hall–Kier alpha value is -1.31. The van der Waals surface area contributed by atoms with Gasteiger partial charge in [0.1, 0.15) is 0 Å². The van der Waals surface area contributed by atoms with E-state index in [9.17, 15) is 13.2 Å². The van der Waals surface area contributed by atoms with Crippen LogP contribution in [0.25, 0.3) is 0 Å². The van der Waals surface area contributed by atoms with Gasteiger partial charge in [0.2, 0.25) is 10.0 Å². The maximum absolute atomic E-state index is 12.6. The number of amides is 1. The molecule has 1 heterocycles. The van der Waals surface area contributed by atoms with Gasteiger partial charge in [-0.2, -0.15) is 0 Å². The summed E-state index contributed by atoms with van der Waals surface area (Å²) in [5.74, 6) is 0.214. The molecule has 138 valence electrons. The van der Waals surface area contributed by atoms with Crippen molar-refractivity contribution in [2.75, 3.05) is 23.1 Å². The molecule has 1 saturated carbocycles. The van der Waals surface area contributed by atoms with Crippen LogP contribution in [0.15, 0.2) is 18.2 Å². The number of carbonyl (C=O) groups is 1.